The number of aryl methyl sites for hydroxylation is 1. The maximum absolute atomic E-state index is 13.0. The van der Waals surface area contributed by atoms with Gasteiger partial charge in [0.05, 0.1) is 26.7 Å². The predicted molar refractivity (Wildman–Crippen MR) is 122 cm³/mol. The Morgan fingerprint density at radius 3 is 3.00 bits per heavy atom. The number of rotatable bonds is 2. The second kappa shape index (κ2) is 7.67. The van der Waals surface area contributed by atoms with Crippen molar-refractivity contribution in [2.75, 3.05) is 33.2 Å². The van der Waals surface area contributed by atoms with Gasteiger partial charge in [-0.15, -0.1) is 11.3 Å². The van der Waals surface area contributed by atoms with Gasteiger partial charge in [0.1, 0.15) is 0 Å². The van der Waals surface area contributed by atoms with E-state index in [0.29, 0.717) is 8.58 Å². The monoisotopic (exact) mass is 424 g/mol. The van der Waals surface area contributed by atoms with Gasteiger partial charge in [-0.3, -0.25) is 4.79 Å². The molecule has 150 valence electrons. The Bertz CT molecular complexity index is 1060. The average Bonchev–Trinajstić information content (AvgIpc) is 2.95. The summed E-state index contributed by atoms with van der Waals surface area (Å²) >= 11 is 1.71. The van der Waals surface area contributed by atoms with Crippen molar-refractivity contribution in [1.29, 1.82) is 0 Å². The fourth-order valence-corrected chi connectivity index (χ4v) is 6.38. The molecule has 0 saturated carbocycles. The Hall–Kier alpha value is -2.01. The molecule has 0 bridgehead atoms. The molecule has 2 unspecified atom stereocenters. The quantitative estimate of drug-likeness (QED) is 0.687. The molecular weight excluding hydrogens is 399 g/mol. The highest BCUT2D eigenvalue weighted by Crippen LogP contribution is 2.45. The van der Waals surface area contributed by atoms with Crippen molar-refractivity contribution in [3.63, 3.8) is 0 Å². The van der Waals surface area contributed by atoms with E-state index in [4.69, 9.17) is 0 Å². The van der Waals surface area contributed by atoms with Crippen molar-refractivity contribution in [1.82, 2.24) is 19.7 Å². The van der Waals surface area contributed by atoms with Crippen LogP contribution in [0.3, 0.4) is 0 Å². The largest absolute Gasteiger partial charge is 0.369 e. The number of nitrogens with zero attached hydrogens (tertiary/aromatic N) is 4. The molecular formula is C22H25N4OPS. The first-order valence-electron chi connectivity index (χ1n) is 10.1. The lowest BCUT2D eigenvalue weighted by atomic mass is 10.2. The first kappa shape index (κ1) is 19.0. The van der Waals surface area contributed by atoms with Crippen LogP contribution in [0.1, 0.15) is 17.0 Å². The van der Waals surface area contributed by atoms with Gasteiger partial charge in [0.2, 0.25) is 0 Å². The Morgan fingerprint density at radius 1 is 1.21 bits per heavy atom. The van der Waals surface area contributed by atoms with Gasteiger partial charge < -0.3 is 14.7 Å². The minimum Gasteiger partial charge on any atom is -0.369 e. The third-order valence-corrected chi connectivity index (χ3v) is 8.18. The Kier molecular flexibility index (Phi) is 5.02. The summed E-state index contributed by atoms with van der Waals surface area (Å²) < 4.78 is 1.19. The van der Waals surface area contributed by atoms with E-state index in [-0.39, 0.29) is 11.7 Å². The molecule has 4 heterocycles. The lowest BCUT2D eigenvalue weighted by Gasteiger charge is -2.36. The van der Waals surface area contributed by atoms with Gasteiger partial charge in [-0.25, -0.2) is 4.98 Å². The smallest absolute Gasteiger partial charge is 0.252 e. The number of aromatic nitrogens is 1. The molecule has 1 aromatic heterocycles. The molecule has 3 aliphatic heterocycles. The summed E-state index contributed by atoms with van der Waals surface area (Å²) in [6, 6.07) is 6.36. The summed E-state index contributed by atoms with van der Waals surface area (Å²) in [5.41, 5.74) is 3.34. The zero-order chi connectivity index (χ0) is 20.0. The van der Waals surface area contributed by atoms with Crippen molar-refractivity contribution >= 4 is 41.4 Å². The number of amides is 1. The van der Waals surface area contributed by atoms with Crippen LogP contribution < -0.4 is 0 Å². The summed E-state index contributed by atoms with van der Waals surface area (Å²) in [4.78, 5) is 24.2. The standard InChI is InChI=1S/C22H25N4OPS/c1-15-23-18-6-4-16(12-20(18)29-15)19-13-21(27)26-14-17(5-7-22(26)28-19)25-9-3-8-24(2)10-11-25/h4-7,12-14,22,28H,3,8-11H2,1-2H3. The topological polar surface area (TPSA) is 39.7 Å². The molecule has 5 rings (SSSR count). The van der Waals surface area contributed by atoms with Crippen LogP contribution in [-0.2, 0) is 4.79 Å². The Balaban J connectivity index is 1.39. The number of benzene rings is 1. The van der Waals surface area contributed by atoms with E-state index in [1.807, 2.05) is 17.9 Å². The summed E-state index contributed by atoms with van der Waals surface area (Å²) in [6.07, 6.45) is 9.47. The van der Waals surface area contributed by atoms with Crippen LogP contribution in [0, 0.1) is 6.92 Å². The number of allylic oxidation sites excluding steroid dienone is 1. The SMILES string of the molecule is Cc1nc2ccc(C3=CC(=O)N4C=C(N5CCCN(C)CC5)C=CC4P3)cc2s1. The second-order valence-electron chi connectivity index (χ2n) is 7.87. The molecule has 7 heteroatoms. The van der Waals surface area contributed by atoms with Crippen LogP contribution >= 0.6 is 19.9 Å². The molecule has 0 radical (unpaired) electrons. The molecule has 0 N–H and O–H groups in total. The molecule has 29 heavy (non-hydrogen) atoms. The minimum atomic E-state index is 0.0816. The molecule has 5 nitrogen and oxygen atoms in total. The number of carbonyl (C=O) groups excluding carboxylic acids is 1. The van der Waals surface area contributed by atoms with E-state index >= 15 is 0 Å². The summed E-state index contributed by atoms with van der Waals surface area (Å²) in [5, 5.41) is 2.22. The maximum Gasteiger partial charge on any atom is 0.252 e. The third kappa shape index (κ3) is 3.77. The summed E-state index contributed by atoms with van der Waals surface area (Å²) in [6.45, 7) is 6.29. The van der Waals surface area contributed by atoms with Crippen molar-refractivity contribution in [3.05, 3.63) is 58.9 Å². The van der Waals surface area contributed by atoms with Crippen molar-refractivity contribution in [2.24, 2.45) is 0 Å². The fourth-order valence-electron chi connectivity index (χ4n) is 4.13. The normalized spacial score (nSPS) is 23.9. The Morgan fingerprint density at radius 2 is 2.10 bits per heavy atom. The van der Waals surface area contributed by atoms with E-state index in [9.17, 15) is 4.79 Å². The van der Waals surface area contributed by atoms with Gasteiger partial charge in [0.25, 0.3) is 5.91 Å². The molecule has 0 aliphatic carbocycles. The molecule has 3 aliphatic rings. The number of thiazole rings is 1. The second-order valence-corrected chi connectivity index (χ2v) is 10.5. The van der Waals surface area contributed by atoms with E-state index < -0.39 is 0 Å². The number of carbonyl (C=O) groups is 1. The number of hydrogen-bond acceptors (Lipinski definition) is 5. The summed E-state index contributed by atoms with van der Waals surface area (Å²) in [7, 11) is 2.73. The third-order valence-electron chi connectivity index (χ3n) is 5.74. The van der Waals surface area contributed by atoms with E-state index in [1.165, 1.54) is 4.70 Å². The van der Waals surface area contributed by atoms with Gasteiger partial charge in [-0.05, 0) is 56.0 Å². The number of likely N-dealkylation sites (N-methyl/N-ethyl adjacent to an activating group) is 1. The van der Waals surface area contributed by atoms with Gasteiger partial charge in [0, 0.05) is 31.9 Å². The molecule has 2 atom stereocenters. The highest BCUT2D eigenvalue weighted by molar-refractivity contribution is 7.51. The zero-order valence-corrected chi connectivity index (χ0v) is 18.6. The van der Waals surface area contributed by atoms with Crippen molar-refractivity contribution < 1.29 is 4.79 Å². The van der Waals surface area contributed by atoms with Crippen molar-refractivity contribution in [2.45, 2.75) is 19.1 Å². The van der Waals surface area contributed by atoms with Crippen LogP contribution in [0.15, 0.2) is 48.3 Å². The predicted octanol–water partition coefficient (Wildman–Crippen LogP) is 3.84. The first-order valence-corrected chi connectivity index (χ1v) is 12.0. The van der Waals surface area contributed by atoms with Gasteiger partial charge in [-0.1, -0.05) is 20.7 Å². The van der Waals surface area contributed by atoms with Gasteiger partial charge >= 0.3 is 0 Å². The van der Waals surface area contributed by atoms with E-state index in [0.717, 1.165) is 59.7 Å². The van der Waals surface area contributed by atoms with Crippen LogP contribution in [-0.4, -0.2) is 64.6 Å². The molecule has 2 aromatic rings. The lowest BCUT2D eigenvalue weighted by molar-refractivity contribution is -0.123. The molecule has 1 aromatic carbocycles. The van der Waals surface area contributed by atoms with Gasteiger partial charge in [-0.2, -0.15) is 0 Å². The molecule has 1 amide bonds. The van der Waals surface area contributed by atoms with Crippen LogP contribution in [0.2, 0.25) is 0 Å². The molecule has 0 spiro atoms. The van der Waals surface area contributed by atoms with Crippen LogP contribution in [0.4, 0.5) is 0 Å². The number of fused-ring (bicyclic) bond motifs is 2. The maximum atomic E-state index is 13.0. The lowest BCUT2D eigenvalue weighted by Crippen LogP contribution is -2.38. The number of hydrogen-bond donors (Lipinski definition) is 0. The minimum absolute atomic E-state index is 0.0816. The fraction of sp³-hybridized carbons (Fsp3) is 0.364. The highest BCUT2D eigenvalue weighted by Gasteiger charge is 2.29. The zero-order valence-electron chi connectivity index (χ0n) is 16.8. The highest BCUT2D eigenvalue weighted by atomic mass is 32.1. The molecule has 1 fully saturated rings. The molecule has 1 saturated heterocycles. The Labute approximate surface area is 177 Å². The first-order chi connectivity index (χ1) is 14.1. The van der Waals surface area contributed by atoms with Crippen LogP contribution in [0.5, 0.6) is 0 Å². The van der Waals surface area contributed by atoms with E-state index in [1.54, 1.807) is 11.3 Å². The van der Waals surface area contributed by atoms with Gasteiger partial charge in [0.15, 0.2) is 0 Å². The summed E-state index contributed by atoms with van der Waals surface area (Å²) in [5.74, 6) is 0.206. The van der Waals surface area contributed by atoms with Crippen molar-refractivity contribution in [3.8, 4) is 0 Å². The van der Waals surface area contributed by atoms with E-state index in [2.05, 4.69) is 58.4 Å². The van der Waals surface area contributed by atoms with Crippen LogP contribution in [0.25, 0.3) is 15.5 Å². The average molecular weight is 425 g/mol.